The SMILES string of the molecule is C[C@H](OC(=O)CCN1C(=O)COc2ccccc21)c1nnc(-c2ccccc2)o1. The molecule has 0 bridgehead atoms. The summed E-state index contributed by atoms with van der Waals surface area (Å²) < 4.78 is 16.4. The fraction of sp³-hybridized carbons (Fsp3) is 0.238. The van der Waals surface area contributed by atoms with E-state index in [1.165, 1.54) is 4.90 Å². The molecule has 1 aromatic heterocycles. The molecule has 1 aliphatic heterocycles. The largest absolute Gasteiger partial charge is 0.482 e. The van der Waals surface area contributed by atoms with Crippen LogP contribution in [0.1, 0.15) is 25.3 Å². The van der Waals surface area contributed by atoms with Gasteiger partial charge < -0.3 is 18.8 Å². The van der Waals surface area contributed by atoms with Gasteiger partial charge in [0.25, 0.3) is 11.8 Å². The third-order valence-electron chi connectivity index (χ3n) is 4.47. The Bertz CT molecular complexity index is 1020. The molecule has 8 heteroatoms. The van der Waals surface area contributed by atoms with Gasteiger partial charge in [-0.2, -0.15) is 0 Å². The van der Waals surface area contributed by atoms with Gasteiger partial charge in [0, 0.05) is 12.1 Å². The molecule has 8 nitrogen and oxygen atoms in total. The number of carbonyl (C=O) groups is 2. The fourth-order valence-electron chi connectivity index (χ4n) is 3.00. The van der Waals surface area contributed by atoms with Crippen LogP contribution in [-0.4, -0.2) is 35.2 Å². The third-order valence-corrected chi connectivity index (χ3v) is 4.47. The summed E-state index contributed by atoms with van der Waals surface area (Å²) in [5, 5.41) is 7.96. The molecule has 3 aromatic rings. The van der Waals surface area contributed by atoms with Crippen molar-refractivity contribution in [2.24, 2.45) is 0 Å². The Kier molecular flexibility index (Phi) is 5.24. The third kappa shape index (κ3) is 4.11. The zero-order valence-electron chi connectivity index (χ0n) is 15.8. The highest BCUT2D eigenvalue weighted by atomic mass is 16.6. The first-order valence-corrected chi connectivity index (χ1v) is 9.22. The number of para-hydroxylation sites is 2. The number of rotatable bonds is 6. The number of carbonyl (C=O) groups excluding carboxylic acids is 2. The number of hydrogen-bond acceptors (Lipinski definition) is 7. The number of hydrogen-bond donors (Lipinski definition) is 0. The number of anilines is 1. The fourth-order valence-corrected chi connectivity index (χ4v) is 3.00. The molecule has 1 atom stereocenters. The van der Waals surface area contributed by atoms with Crippen LogP contribution in [0.5, 0.6) is 5.75 Å². The average Bonchev–Trinajstić information content (AvgIpc) is 3.24. The first-order valence-electron chi connectivity index (χ1n) is 9.22. The minimum absolute atomic E-state index is 0.0318. The Morgan fingerprint density at radius 1 is 1.14 bits per heavy atom. The van der Waals surface area contributed by atoms with Crippen LogP contribution in [0.25, 0.3) is 11.5 Å². The van der Waals surface area contributed by atoms with E-state index in [4.69, 9.17) is 13.9 Å². The maximum absolute atomic E-state index is 12.3. The van der Waals surface area contributed by atoms with Gasteiger partial charge in [-0.1, -0.05) is 30.3 Å². The van der Waals surface area contributed by atoms with E-state index >= 15 is 0 Å². The van der Waals surface area contributed by atoms with Crippen molar-refractivity contribution in [1.82, 2.24) is 10.2 Å². The van der Waals surface area contributed by atoms with Gasteiger partial charge in [0.15, 0.2) is 12.7 Å². The van der Waals surface area contributed by atoms with Gasteiger partial charge in [-0.25, -0.2) is 0 Å². The Labute approximate surface area is 167 Å². The summed E-state index contributed by atoms with van der Waals surface area (Å²) >= 11 is 0. The number of fused-ring (bicyclic) bond motifs is 1. The van der Waals surface area contributed by atoms with Crippen molar-refractivity contribution in [1.29, 1.82) is 0 Å². The second kappa shape index (κ2) is 8.14. The molecule has 2 aromatic carbocycles. The Balaban J connectivity index is 1.36. The molecule has 148 valence electrons. The number of benzene rings is 2. The van der Waals surface area contributed by atoms with E-state index in [0.29, 0.717) is 17.3 Å². The highest BCUT2D eigenvalue weighted by Gasteiger charge is 2.26. The molecular weight excluding hydrogens is 374 g/mol. The summed E-state index contributed by atoms with van der Waals surface area (Å²) in [7, 11) is 0. The standard InChI is InChI=1S/C21H19N3O5/c1-14(20-22-23-21(29-20)15-7-3-2-4-8-15)28-19(26)11-12-24-16-9-5-6-10-17(16)27-13-18(24)25/h2-10,14H,11-13H2,1H3/t14-/m0/s1. The van der Waals surface area contributed by atoms with Gasteiger partial charge in [0.2, 0.25) is 5.89 Å². The summed E-state index contributed by atoms with van der Waals surface area (Å²) in [5.41, 5.74) is 1.43. The van der Waals surface area contributed by atoms with Gasteiger partial charge in [-0.05, 0) is 31.2 Å². The predicted octanol–water partition coefficient (Wildman–Crippen LogP) is 3.16. The van der Waals surface area contributed by atoms with Crippen molar-refractivity contribution in [2.45, 2.75) is 19.4 Å². The molecule has 0 unspecified atom stereocenters. The van der Waals surface area contributed by atoms with Crippen LogP contribution in [0.3, 0.4) is 0 Å². The molecule has 0 fully saturated rings. The quantitative estimate of drug-likeness (QED) is 0.594. The van der Waals surface area contributed by atoms with E-state index in [9.17, 15) is 9.59 Å². The number of ether oxygens (including phenoxy) is 2. The first-order chi connectivity index (χ1) is 14.1. The van der Waals surface area contributed by atoms with Crippen molar-refractivity contribution in [3.8, 4) is 17.2 Å². The zero-order chi connectivity index (χ0) is 20.2. The molecule has 1 amide bonds. The number of amides is 1. The monoisotopic (exact) mass is 393 g/mol. The summed E-state index contributed by atoms with van der Waals surface area (Å²) in [6.45, 7) is 1.81. The van der Waals surface area contributed by atoms with E-state index in [2.05, 4.69) is 10.2 Å². The minimum Gasteiger partial charge on any atom is -0.482 e. The molecule has 1 aliphatic rings. The highest BCUT2D eigenvalue weighted by Crippen LogP contribution is 2.31. The van der Waals surface area contributed by atoms with E-state index in [1.54, 1.807) is 19.1 Å². The zero-order valence-corrected chi connectivity index (χ0v) is 15.8. The van der Waals surface area contributed by atoms with Crippen LogP contribution >= 0.6 is 0 Å². The highest BCUT2D eigenvalue weighted by molar-refractivity contribution is 5.98. The second-order valence-corrected chi connectivity index (χ2v) is 6.50. The molecular formula is C21H19N3O5. The molecule has 0 N–H and O–H groups in total. The number of nitrogens with zero attached hydrogens (tertiary/aromatic N) is 3. The van der Waals surface area contributed by atoms with E-state index in [0.717, 1.165) is 5.56 Å². The number of aromatic nitrogens is 2. The minimum atomic E-state index is -0.694. The van der Waals surface area contributed by atoms with Crippen molar-refractivity contribution in [2.75, 3.05) is 18.1 Å². The lowest BCUT2D eigenvalue weighted by molar-refractivity contribution is -0.149. The van der Waals surface area contributed by atoms with Gasteiger partial charge in [-0.15, -0.1) is 10.2 Å². The average molecular weight is 393 g/mol. The van der Waals surface area contributed by atoms with Crippen molar-refractivity contribution in [3.63, 3.8) is 0 Å². The van der Waals surface area contributed by atoms with E-state index < -0.39 is 12.1 Å². The maximum Gasteiger partial charge on any atom is 0.308 e. The summed E-state index contributed by atoms with van der Waals surface area (Å²) in [6.07, 6.45) is -0.662. The molecule has 0 saturated carbocycles. The molecule has 29 heavy (non-hydrogen) atoms. The molecule has 0 saturated heterocycles. The van der Waals surface area contributed by atoms with Crippen LogP contribution in [0.4, 0.5) is 5.69 Å². The van der Waals surface area contributed by atoms with Crippen molar-refractivity contribution in [3.05, 3.63) is 60.5 Å². The van der Waals surface area contributed by atoms with Gasteiger partial charge in [0.05, 0.1) is 12.1 Å². The van der Waals surface area contributed by atoms with Crippen LogP contribution in [0, 0.1) is 0 Å². The second-order valence-electron chi connectivity index (χ2n) is 6.50. The Morgan fingerprint density at radius 3 is 2.72 bits per heavy atom. The van der Waals surface area contributed by atoms with Crippen molar-refractivity contribution < 1.29 is 23.5 Å². The van der Waals surface area contributed by atoms with Crippen molar-refractivity contribution >= 4 is 17.6 Å². The summed E-state index contributed by atoms with van der Waals surface area (Å²) in [5.74, 6) is 0.528. The smallest absolute Gasteiger partial charge is 0.308 e. The molecule has 0 radical (unpaired) electrons. The molecule has 0 aliphatic carbocycles. The molecule has 2 heterocycles. The lowest BCUT2D eigenvalue weighted by atomic mass is 10.2. The predicted molar refractivity (Wildman–Crippen MR) is 103 cm³/mol. The molecule has 0 spiro atoms. The summed E-state index contributed by atoms with van der Waals surface area (Å²) in [4.78, 5) is 26.0. The number of esters is 1. The Hall–Kier alpha value is -3.68. The van der Waals surface area contributed by atoms with E-state index in [-0.39, 0.29) is 31.4 Å². The molecule has 4 rings (SSSR count). The lowest BCUT2D eigenvalue weighted by Gasteiger charge is -2.29. The summed E-state index contributed by atoms with van der Waals surface area (Å²) in [6, 6.07) is 16.5. The van der Waals surface area contributed by atoms with Crippen LogP contribution in [0.2, 0.25) is 0 Å². The Morgan fingerprint density at radius 2 is 1.90 bits per heavy atom. The lowest BCUT2D eigenvalue weighted by Crippen LogP contribution is -2.40. The van der Waals surface area contributed by atoms with E-state index in [1.807, 2.05) is 42.5 Å². The van der Waals surface area contributed by atoms with Crippen LogP contribution in [0.15, 0.2) is 59.0 Å². The topological polar surface area (TPSA) is 94.8 Å². The maximum atomic E-state index is 12.3. The van der Waals surface area contributed by atoms with Gasteiger partial charge in [0.1, 0.15) is 5.75 Å². The first kappa shape index (κ1) is 18.7. The van der Waals surface area contributed by atoms with Gasteiger partial charge in [-0.3, -0.25) is 9.59 Å². The van der Waals surface area contributed by atoms with Crippen LogP contribution < -0.4 is 9.64 Å². The normalized spacial score (nSPS) is 14.1. The van der Waals surface area contributed by atoms with Crippen LogP contribution in [-0.2, 0) is 14.3 Å². The van der Waals surface area contributed by atoms with Gasteiger partial charge >= 0.3 is 5.97 Å².